The minimum atomic E-state index is -0.733. The molecule has 0 bridgehead atoms. The van der Waals surface area contributed by atoms with Gasteiger partial charge in [0.25, 0.3) is 11.7 Å². The quantitative estimate of drug-likeness (QED) is 0.353. The first-order valence-electron chi connectivity index (χ1n) is 10.0. The van der Waals surface area contributed by atoms with E-state index in [-0.39, 0.29) is 17.9 Å². The van der Waals surface area contributed by atoms with E-state index in [1.165, 1.54) is 4.90 Å². The lowest BCUT2D eigenvalue weighted by Crippen LogP contribution is -2.29. The summed E-state index contributed by atoms with van der Waals surface area (Å²) in [6.07, 6.45) is 4.16. The largest absolute Gasteiger partial charge is 0.507 e. The molecule has 1 fully saturated rings. The maximum absolute atomic E-state index is 13.0. The molecular formula is C25H21ClN2O3. The highest BCUT2D eigenvalue weighted by molar-refractivity contribution is 6.46. The Hall–Kier alpha value is -3.44. The third-order valence-corrected chi connectivity index (χ3v) is 5.69. The Balaban J connectivity index is 1.84. The molecule has 1 aliphatic rings. The number of hydrogen-bond acceptors (Lipinski definition) is 4. The van der Waals surface area contributed by atoms with E-state index in [1.807, 2.05) is 25.1 Å². The number of Topliss-reactive ketones (excluding diaryl/α,β-unsaturated/α-hetero) is 1. The summed E-state index contributed by atoms with van der Waals surface area (Å²) in [5, 5.41) is 11.6. The molecule has 31 heavy (non-hydrogen) atoms. The first kappa shape index (κ1) is 20.8. The van der Waals surface area contributed by atoms with Crippen molar-refractivity contribution in [2.45, 2.75) is 25.9 Å². The molecule has 1 aromatic heterocycles. The van der Waals surface area contributed by atoms with Crippen LogP contribution >= 0.6 is 11.6 Å². The number of pyridine rings is 1. The zero-order chi connectivity index (χ0) is 22.0. The van der Waals surface area contributed by atoms with Crippen molar-refractivity contribution >= 4 is 29.1 Å². The number of halogens is 1. The van der Waals surface area contributed by atoms with Crippen LogP contribution in [-0.4, -0.2) is 26.7 Å². The highest BCUT2D eigenvalue weighted by Gasteiger charge is 2.46. The summed E-state index contributed by atoms with van der Waals surface area (Å²) < 4.78 is 0. The van der Waals surface area contributed by atoms with Crippen LogP contribution in [-0.2, 0) is 22.6 Å². The van der Waals surface area contributed by atoms with Gasteiger partial charge in [-0.3, -0.25) is 14.6 Å². The summed E-state index contributed by atoms with van der Waals surface area (Å²) in [6.45, 7) is 2.23. The minimum Gasteiger partial charge on any atom is -0.507 e. The second kappa shape index (κ2) is 8.74. The minimum absolute atomic E-state index is 0.0699. The van der Waals surface area contributed by atoms with Gasteiger partial charge in [0.2, 0.25) is 0 Å². The third-order valence-electron chi connectivity index (χ3n) is 5.44. The second-order valence-electron chi connectivity index (χ2n) is 7.39. The van der Waals surface area contributed by atoms with E-state index in [4.69, 9.17) is 11.6 Å². The molecule has 4 rings (SSSR count). The van der Waals surface area contributed by atoms with Crippen LogP contribution in [0.3, 0.4) is 0 Å². The Morgan fingerprint density at radius 2 is 1.74 bits per heavy atom. The van der Waals surface area contributed by atoms with Crippen molar-refractivity contribution in [2.75, 3.05) is 0 Å². The molecule has 5 nitrogen and oxygen atoms in total. The lowest BCUT2D eigenvalue weighted by atomic mass is 9.95. The van der Waals surface area contributed by atoms with Crippen molar-refractivity contribution in [3.63, 3.8) is 0 Å². The van der Waals surface area contributed by atoms with E-state index in [1.54, 1.807) is 54.9 Å². The number of carbonyl (C=O) groups is 2. The lowest BCUT2D eigenvalue weighted by molar-refractivity contribution is -0.140. The predicted molar refractivity (Wildman–Crippen MR) is 119 cm³/mol. The molecule has 6 heteroatoms. The van der Waals surface area contributed by atoms with E-state index in [0.29, 0.717) is 16.1 Å². The fraction of sp³-hybridized carbons (Fsp3) is 0.160. The van der Waals surface area contributed by atoms with Gasteiger partial charge in [-0.25, -0.2) is 0 Å². The van der Waals surface area contributed by atoms with Gasteiger partial charge in [-0.05, 0) is 41.3 Å². The zero-order valence-electron chi connectivity index (χ0n) is 17.0. The zero-order valence-corrected chi connectivity index (χ0v) is 17.7. The monoisotopic (exact) mass is 432 g/mol. The normalized spacial score (nSPS) is 17.9. The van der Waals surface area contributed by atoms with Crippen molar-refractivity contribution in [3.8, 4) is 0 Å². The predicted octanol–water partition coefficient (Wildman–Crippen LogP) is 4.92. The summed E-state index contributed by atoms with van der Waals surface area (Å²) in [6, 6.07) is 17.2. The average molecular weight is 433 g/mol. The standard InChI is InChI=1S/C25H21ClN2O3/c1-2-16-5-7-19(8-6-16)23(29)21-22(18-9-11-20(26)12-10-18)28(25(31)24(21)30)15-17-4-3-13-27-14-17/h3-14,22,29H,2,15H2,1H3/b23-21+. The number of nitrogens with zero attached hydrogens (tertiary/aromatic N) is 2. The lowest BCUT2D eigenvalue weighted by Gasteiger charge is -2.25. The number of carbonyl (C=O) groups excluding carboxylic acids is 2. The first-order chi connectivity index (χ1) is 15.0. The number of aliphatic hydroxyl groups is 1. The molecule has 2 aromatic carbocycles. The number of ketones is 1. The summed E-state index contributed by atoms with van der Waals surface area (Å²) in [5.74, 6) is -1.55. The number of hydrogen-bond donors (Lipinski definition) is 1. The average Bonchev–Trinajstić information content (AvgIpc) is 3.05. The van der Waals surface area contributed by atoms with E-state index < -0.39 is 17.7 Å². The van der Waals surface area contributed by atoms with Crippen LogP contribution < -0.4 is 0 Å². The van der Waals surface area contributed by atoms with E-state index in [2.05, 4.69) is 4.98 Å². The number of aryl methyl sites for hydroxylation is 1. The van der Waals surface area contributed by atoms with Crippen molar-refractivity contribution in [1.82, 2.24) is 9.88 Å². The van der Waals surface area contributed by atoms with Crippen LogP contribution in [0, 0.1) is 0 Å². The number of benzene rings is 2. The molecule has 2 heterocycles. The van der Waals surface area contributed by atoms with E-state index in [0.717, 1.165) is 17.5 Å². The van der Waals surface area contributed by atoms with Gasteiger partial charge in [0.15, 0.2) is 0 Å². The fourth-order valence-corrected chi connectivity index (χ4v) is 3.90. The SMILES string of the molecule is CCc1ccc(/C(O)=C2\C(=O)C(=O)N(Cc3cccnc3)C2c2ccc(Cl)cc2)cc1. The number of amides is 1. The van der Waals surface area contributed by atoms with Gasteiger partial charge in [-0.2, -0.15) is 0 Å². The first-order valence-corrected chi connectivity index (χ1v) is 10.4. The van der Waals surface area contributed by atoms with Crippen LogP contribution in [0.5, 0.6) is 0 Å². The Morgan fingerprint density at radius 1 is 1.03 bits per heavy atom. The third kappa shape index (κ3) is 4.09. The molecule has 1 unspecified atom stereocenters. The van der Waals surface area contributed by atoms with Crippen molar-refractivity contribution < 1.29 is 14.7 Å². The molecular weight excluding hydrogens is 412 g/mol. The van der Waals surface area contributed by atoms with Gasteiger partial charge in [-0.15, -0.1) is 0 Å². The number of rotatable bonds is 5. The highest BCUT2D eigenvalue weighted by Crippen LogP contribution is 2.40. The Bertz CT molecular complexity index is 1140. The molecule has 0 radical (unpaired) electrons. The van der Waals surface area contributed by atoms with Crippen LogP contribution in [0.25, 0.3) is 5.76 Å². The molecule has 3 aromatic rings. The van der Waals surface area contributed by atoms with Crippen molar-refractivity contribution in [3.05, 3.63) is 106 Å². The summed E-state index contributed by atoms with van der Waals surface area (Å²) in [5.41, 5.74) is 3.16. The van der Waals surface area contributed by atoms with Gasteiger partial charge in [0, 0.05) is 29.5 Å². The van der Waals surface area contributed by atoms with Crippen molar-refractivity contribution in [2.24, 2.45) is 0 Å². The molecule has 0 saturated carbocycles. The van der Waals surface area contributed by atoms with Gasteiger partial charge in [0.1, 0.15) is 5.76 Å². The molecule has 1 amide bonds. The molecule has 156 valence electrons. The Kier molecular flexibility index (Phi) is 5.87. The molecule has 1 atom stereocenters. The summed E-state index contributed by atoms with van der Waals surface area (Å²) in [4.78, 5) is 31.6. The van der Waals surface area contributed by atoms with Crippen molar-refractivity contribution in [1.29, 1.82) is 0 Å². The maximum Gasteiger partial charge on any atom is 0.295 e. The van der Waals surface area contributed by atoms with Crippen LogP contribution in [0.4, 0.5) is 0 Å². The summed E-state index contributed by atoms with van der Waals surface area (Å²) in [7, 11) is 0. The smallest absolute Gasteiger partial charge is 0.295 e. The van der Waals surface area contributed by atoms with Gasteiger partial charge in [-0.1, -0.05) is 61.0 Å². The van der Waals surface area contributed by atoms with Gasteiger partial charge >= 0.3 is 0 Å². The second-order valence-corrected chi connectivity index (χ2v) is 7.83. The number of aromatic nitrogens is 1. The number of likely N-dealkylation sites (tertiary alicyclic amines) is 1. The molecule has 0 spiro atoms. The topological polar surface area (TPSA) is 70.5 Å². The van der Waals surface area contributed by atoms with Gasteiger partial charge < -0.3 is 10.0 Å². The Labute approximate surface area is 185 Å². The van der Waals surface area contributed by atoms with Crippen LogP contribution in [0.2, 0.25) is 5.02 Å². The molecule has 1 saturated heterocycles. The van der Waals surface area contributed by atoms with Gasteiger partial charge in [0.05, 0.1) is 11.6 Å². The van der Waals surface area contributed by atoms with Crippen LogP contribution in [0.15, 0.2) is 78.6 Å². The number of aliphatic hydroxyl groups excluding tert-OH is 1. The maximum atomic E-state index is 13.0. The molecule has 1 N–H and O–H groups in total. The molecule has 0 aliphatic carbocycles. The highest BCUT2D eigenvalue weighted by atomic mass is 35.5. The van der Waals surface area contributed by atoms with Crippen LogP contribution in [0.1, 0.15) is 35.2 Å². The van der Waals surface area contributed by atoms with E-state index in [9.17, 15) is 14.7 Å². The fourth-order valence-electron chi connectivity index (χ4n) is 3.78. The molecule has 1 aliphatic heterocycles. The van der Waals surface area contributed by atoms with E-state index >= 15 is 0 Å². The summed E-state index contributed by atoms with van der Waals surface area (Å²) >= 11 is 6.05. The Morgan fingerprint density at radius 3 is 2.35 bits per heavy atom.